The molecule has 1 aliphatic heterocycles. The molecule has 7 heteroatoms. The van der Waals surface area contributed by atoms with E-state index in [1.54, 1.807) is 36.0 Å². The molecule has 1 fully saturated rings. The number of anilines is 1. The minimum Gasteiger partial charge on any atom is -0.322 e. The predicted molar refractivity (Wildman–Crippen MR) is 128 cm³/mol. The topological polar surface area (TPSA) is 49.4 Å². The van der Waals surface area contributed by atoms with Gasteiger partial charge in [0, 0.05) is 27.8 Å². The molecule has 2 amide bonds. The molecule has 3 aromatic rings. The maximum atomic E-state index is 12.7. The minimum absolute atomic E-state index is 0.0875. The van der Waals surface area contributed by atoms with Gasteiger partial charge in [-0.1, -0.05) is 53.5 Å². The zero-order chi connectivity index (χ0) is 22.0. The number of benzene rings is 3. The van der Waals surface area contributed by atoms with Gasteiger partial charge in [0.05, 0.1) is 5.75 Å². The Morgan fingerprint density at radius 1 is 1.06 bits per heavy atom. The maximum Gasteiger partial charge on any atom is 0.255 e. The molecule has 1 N–H and O–H groups in total. The smallest absolute Gasteiger partial charge is 0.255 e. The van der Waals surface area contributed by atoms with Crippen molar-refractivity contribution in [3.63, 3.8) is 0 Å². The summed E-state index contributed by atoms with van der Waals surface area (Å²) in [6, 6.07) is 20.3. The van der Waals surface area contributed by atoms with E-state index in [4.69, 9.17) is 23.2 Å². The molecular weight excluding hydrogens is 451 g/mol. The van der Waals surface area contributed by atoms with Crippen LogP contribution in [-0.4, -0.2) is 22.5 Å². The molecule has 3 aromatic carbocycles. The van der Waals surface area contributed by atoms with Gasteiger partial charge in [0.1, 0.15) is 5.37 Å². The Hall–Kier alpha value is -2.47. The number of hydrogen-bond acceptors (Lipinski definition) is 3. The molecule has 0 unspecified atom stereocenters. The van der Waals surface area contributed by atoms with Crippen LogP contribution in [0.3, 0.4) is 0 Å². The molecule has 158 valence electrons. The van der Waals surface area contributed by atoms with Crippen LogP contribution in [0.15, 0.2) is 66.7 Å². The summed E-state index contributed by atoms with van der Waals surface area (Å²) in [5.41, 5.74) is 4.07. The molecule has 0 radical (unpaired) electrons. The Morgan fingerprint density at radius 2 is 1.77 bits per heavy atom. The largest absolute Gasteiger partial charge is 0.322 e. The van der Waals surface area contributed by atoms with Gasteiger partial charge in [0.2, 0.25) is 5.91 Å². The first-order chi connectivity index (χ1) is 14.9. The molecule has 1 saturated heterocycles. The van der Waals surface area contributed by atoms with Gasteiger partial charge in [-0.15, -0.1) is 11.8 Å². The zero-order valence-corrected chi connectivity index (χ0v) is 19.1. The lowest BCUT2D eigenvalue weighted by Gasteiger charge is -2.24. The second-order valence-corrected chi connectivity index (χ2v) is 9.21. The van der Waals surface area contributed by atoms with Crippen LogP contribution in [0.4, 0.5) is 5.69 Å². The molecule has 1 heterocycles. The molecule has 0 bridgehead atoms. The van der Waals surface area contributed by atoms with E-state index in [9.17, 15) is 9.59 Å². The van der Waals surface area contributed by atoms with E-state index in [-0.39, 0.29) is 17.2 Å². The first-order valence-corrected chi connectivity index (χ1v) is 11.5. The highest BCUT2D eigenvalue weighted by Crippen LogP contribution is 2.39. The van der Waals surface area contributed by atoms with Gasteiger partial charge in [0.25, 0.3) is 5.91 Å². The molecule has 0 aliphatic carbocycles. The number of rotatable bonds is 5. The van der Waals surface area contributed by atoms with E-state index < -0.39 is 0 Å². The summed E-state index contributed by atoms with van der Waals surface area (Å²) >= 11 is 13.7. The number of carbonyl (C=O) groups is 2. The highest BCUT2D eigenvalue weighted by Gasteiger charge is 2.32. The monoisotopic (exact) mass is 470 g/mol. The van der Waals surface area contributed by atoms with Gasteiger partial charge < -0.3 is 10.2 Å². The van der Waals surface area contributed by atoms with Crippen molar-refractivity contribution in [1.29, 1.82) is 0 Å². The standard InChI is InChI=1S/C24H20Cl2N2O2S/c1-15-20(26)3-2-4-21(15)27-23(30)17-7-9-18(10-8-17)24-28(22(29)14-31-24)13-16-5-11-19(25)12-6-16/h2-12,24H,13-14H2,1H3,(H,27,30)/t24-/m0/s1. The van der Waals surface area contributed by atoms with E-state index in [0.29, 0.717) is 33.6 Å². The van der Waals surface area contributed by atoms with E-state index in [1.165, 1.54) is 0 Å². The van der Waals surface area contributed by atoms with E-state index in [2.05, 4.69) is 5.32 Å². The summed E-state index contributed by atoms with van der Waals surface area (Å²) in [6.45, 7) is 2.38. The van der Waals surface area contributed by atoms with Crippen molar-refractivity contribution in [3.8, 4) is 0 Å². The first-order valence-electron chi connectivity index (χ1n) is 9.74. The summed E-state index contributed by atoms with van der Waals surface area (Å²) in [6.07, 6.45) is 0. The molecule has 0 saturated carbocycles. The number of nitrogens with zero attached hydrogens (tertiary/aromatic N) is 1. The van der Waals surface area contributed by atoms with Crippen molar-refractivity contribution >= 4 is 52.5 Å². The SMILES string of the molecule is Cc1c(Cl)cccc1NC(=O)c1ccc([C@@H]2SCC(=O)N2Cc2ccc(Cl)cc2)cc1. The van der Waals surface area contributed by atoms with Crippen molar-refractivity contribution in [3.05, 3.63) is 99.0 Å². The lowest BCUT2D eigenvalue weighted by atomic mass is 10.1. The van der Waals surface area contributed by atoms with Gasteiger partial charge in [-0.3, -0.25) is 9.59 Å². The van der Waals surface area contributed by atoms with Gasteiger partial charge in [-0.05, 0) is 60.0 Å². The van der Waals surface area contributed by atoms with Gasteiger partial charge in [-0.25, -0.2) is 0 Å². The van der Waals surface area contributed by atoms with Gasteiger partial charge in [-0.2, -0.15) is 0 Å². The normalized spacial score (nSPS) is 15.9. The van der Waals surface area contributed by atoms with E-state index >= 15 is 0 Å². The quantitative estimate of drug-likeness (QED) is 0.473. The van der Waals surface area contributed by atoms with Crippen LogP contribution < -0.4 is 5.32 Å². The highest BCUT2D eigenvalue weighted by molar-refractivity contribution is 8.00. The van der Waals surface area contributed by atoms with Crippen LogP contribution in [0.1, 0.15) is 32.4 Å². The lowest BCUT2D eigenvalue weighted by molar-refractivity contribution is -0.128. The zero-order valence-electron chi connectivity index (χ0n) is 16.8. The van der Waals surface area contributed by atoms with E-state index in [0.717, 1.165) is 16.7 Å². The van der Waals surface area contributed by atoms with Crippen molar-refractivity contribution in [2.75, 3.05) is 11.1 Å². The number of carbonyl (C=O) groups excluding carboxylic acids is 2. The van der Waals surface area contributed by atoms with Crippen LogP contribution in [0, 0.1) is 6.92 Å². The lowest BCUT2D eigenvalue weighted by Crippen LogP contribution is -2.27. The number of halogens is 2. The molecular formula is C24H20Cl2N2O2S. The van der Waals surface area contributed by atoms with Crippen LogP contribution in [-0.2, 0) is 11.3 Å². The fourth-order valence-corrected chi connectivity index (χ4v) is 4.91. The minimum atomic E-state index is -0.204. The van der Waals surface area contributed by atoms with Crippen molar-refractivity contribution < 1.29 is 9.59 Å². The average Bonchev–Trinajstić information content (AvgIpc) is 3.13. The van der Waals surface area contributed by atoms with E-state index in [1.807, 2.05) is 54.3 Å². The summed E-state index contributed by atoms with van der Waals surface area (Å²) in [7, 11) is 0. The Labute approximate surface area is 195 Å². The van der Waals surface area contributed by atoms with Crippen molar-refractivity contribution in [2.45, 2.75) is 18.8 Å². The Morgan fingerprint density at radius 3 is 2.48 bits per heavy atom. The van der Waals surface area contributed by atoms with Gasteiger partial charge in [0.15, 0.2) is 0 Å². The Bertz CT molecular complexity index is 1120. The van der Waals surface area contributed by atoms with Crippen LogP contribution >= 0.6 is 35.0 Å². The highest BCUT2D eigenvalue weighted by atomic mass is 35.5. The van der Waals surface area contributed by atoms with Crippen LogP contribution in [0.2, 0.25) is 10.0 Å². The fraction of sp³-hybridized carbons (Fsp3) is 0.167. The number of nitrogens with one attached hydrogen (secondary N) is 1. The molecule has 4 rings (SSSR count). The second-order valence-electron chi connectivity index (χ2n) is 7.30. The molecule has 1 aliphatic rings. The number of hydrogen-bond donors (Lipinski definition) is 1. The Kier molecular flexibility index (Phi) is 6.56. The maximum absolute atomic E-state index is 12.7. The number of thioether (sulfide) groups is 1. The second kappa shape index (κ2) is 9.35. The third-order valence-corrected chi connectivity index (χ3v) is 7.13. The first kappa shape index (κ1) is 21.8. The number of amides is 2. The summed E-state index contributed by atoms with van der Waals surface area (Å²) in [5.74, 6) is 0.336. The molecule has 31 heavy (non-hydrogen) atoms. The fourth-order valence-electron chi connectivity index (χ4n) is 3.42. The molecule has 1 atom stereocenters. The van der Waals surface area contributed by atoms with Crippen molar-refractivity contribution in [2.24, 2.45) is 0 Å². The Balaban J connectivity index is 1.48. The summed E-state index contributed by atoms with van der Waals surface area (Å²) in [5, 5.41) is 4.10. The van der Waals surface area contributed by atoms with Crippen molar-refractivity contribution in [1.82, 2.24) is 4.90 Å². The van der Waals surface area contributed by atoms with Gasteiger partial charge >= 0.3 is 0 Å². The summed E-state index contributed by atoms with van der Waals surface area (Å²) < 4.78 is 0. The van der Waals surface area contributed by atoms with Crippen LogP contribution in [0.25, 0.3) is 0 Å². The molecule has 4 nitrogen and oxygen atoms in total. The summed E-state index contributed by atoms with van der Waals surface area (Å²) in [4.78, 5) is 27.0. The molecule has 0 aromatic heterocycles. The third-order valence-electron chi connectivity index (χ3n) is 5.21. The predicted octanol–water partition coefficient (Wildman–Crippen LogP) is 6.33. The average molecular weight is 471 g/mol. The molecule has 0 spiro atoms. The third kappa shape index (κ3) is 4.90. The van der Waals surface area contributed by atoms with Crippen LogP contribution in [0.5, 0.6) is 0 Å².